The molecule has 0 saturated carbocycles. The number of halogens is 2. The second kappa shape index (κ2) is 5.07. The molecule has 0 amide bonds. The molecular formula is C13H13F2N5. The highest BCUT2D eigenvalue weighted by Gasteiger charge is 2.34. The Morgan fingerprint density at radius 1 is 0.900 bits per heavy atom. The second-order valence-electron chi connectivity index (χ2n) is 4.74. The quantitative estimate of drug-likeness (QED) is 0.842. The Bertz CT molecular complexity index is 563. The summed E-state index contributed by atoms with van der Waals surface area (Å²) in [7, 11) is 0. The maximum Gasteiger partial charge on any atom is 0.251 e. The lowest BCUT2D eigenvalue weighted by Crippen LogP contribution is -2.40. The second-order valence-corrected chi connectivity index (χ2v) is 4.74. The van der Waals surface area contributed by atoms with Gasteiger partial charge in [0.25, 0.3) is 5.92 Å². The van der Waals surface area contributed by atoms with Gasteiger partial charge >= 0.3 is 0 Å². The Labute approximate surface area is 114 Å². The van der Waals surface area contributed by atoms with Gasteiger partial charge in [-0.2, -0.15) is 0 Å². The van der Waals surface area contributed by atoms with Crippen LogP contribution >= 0.6 is 0 Å². The monoisotopic (exact) mass is 277 g/mol. The van der Waals surface area contributed by atoms with Gasteiger partial charge in [-0.05, 0) is 0 Å². The molecule has 0 spiro atoms. The third-order valence-electron chi connectivity index (χ3n) is 3.31. The third-order valence-corrected chi connectivity index (χ3v) is 3.31. The fourth-order valence-corrected chi connectivity index (χ4v) is 2.12. The molecule has 2 aromatic rings. The van der Waals surface area contributed by atoms with Crippen molar-refractivity contribution in [1.29, 1.82) is 0 Å². The molecule has 0 N–H and O–H groups in total. The first kappa shape index (κ1) is 12.8. The summed E-state index contributed by atoms with van der Waals surface area (Å²) in [4.78, 5) is 18.1. The smallest absolute Gasteiger partial charge is 0.251 e. The van der Waals surface area contributed by atoms with Crippen LogP contribution in [0.15, 0.2) is 31.1 Å². The number of nitrogens with zero attached hydrogens (tertiary/aromatic N) is 5. The van der Waals surface area contributed by atoms with Crippen LogP contribution in [0.5, 0.6) is 0 Å². The zero-order chi connectivity index (χ0) is 14.0. The molecule has 3 rings (SSSR count). The zero-order valence-electron chi connectivity index (χ0n) is 10.7. The largest absolute Gasteiger partial charge is 0.340 e. The van der Waals surface area contributed by atoms with E-state index in [9.17, 15) is 8.78 Å². The average Bonchev–Trinajstić information content (AvgIpc) is 2.48. The lowest BCUT2D eigenvalue weighted by Gasteiger charge is -2.31. The van der Waals surface area contributed by atoms with Crippen LogP contribution in [0.25, 0.3) is 11.1 Å². The molecule has 1 aliphatic heterocycles. The van der Waals surface area contributed by atoms with Crippen molar-refractivity contribution in [1.82, 2.24) is 19.9 Å². The van der Waals surface area contributed by atoms with Crippen molar-refractivity contribution in [2.45, 2.75) is 18.8 Å². The number of hydrogen-bond acceptors (Lipinski definition) is 5. The van der Waals surface area contributed by atoms with E-state index in [0.29, 0.717) is 5.95 Å². The summed E-state index contributed by atoms with van der Waals surface area (Å²) in [6, 6.07) is 0. The van der Waals surface area contributed by atoms with Gasteiger partial charge in [-0.15, -0.1) is 0 Å². The van der Waals surface area contributed by atoms with Crippen LogP contribution in [-0.2, 0) is 0 Å². The molecule has 0 radical (unpaired) electrons. The van der Waals surface area contributed by atoms with Crippen molar-refractivity contribution in [3.05, 3.63) is 31.1 Å². The van der Waals surface area contributed by atoms with Gasteiger partial charge in [0, 0.05) is 61.8 Å². The molecule has 104 valence electrons. The molecular weight excluding hydrogens is 264 g/mol. The van der Waals surface area contributed by atoms with E-state index in [-0.39, 0.29) is 25.9 Å². The minimum atomic E-state index is -2.56. The highest BCUT2D eigenvalue weighted by Crippen LogP contribution is 2.29. The Morgan fingerprint density at radius 2 is 1.45 bits per heavy atom. The van der Waals surface area contributed by atoms with Crippen molar-refractivity contribution in [2.24, 2.45) is 0 Å². The molecule has 20 heavy (non-hydrogen) atoms. The van der Waals surface area contributed by atoms with E-state index in [1.54, 1.807) is 29.7 Å². The van der Waals surface area contributed by atoms with Gasteiger partial charge in [-0.1, -0.05) is 0 Å². The highest BCUT2D eigenvalue weighted by molar-refractivity contribution is 5.59. The normalized spacial score (nSPS) is 18.0. The SMILES string of the molecule is FC1(F)CCN(c2ncc(-c3cncnc3)cn2)CC1. The molecule has 2 aromatic heterocycles. The highest BCUT2D eigenvalue weighted by atomic mass is 19.3. The minimum absolute atomic E-state index is 0.148. The Kier molecular flexibility index (Phi) is 3.25. The lowest BCUT2D eigenvalue weighted by molar-refractivity contribution is -0.0222. The van der Waals surface area contributed by atoms with E-state index < -0.39 is 5.92 Å². The summed E-state index contributed by atoms with van der Waals surface area (Å²) in [6.45, 7) is 0.557. The van der Waals surface area contributed by atoms with Crippen LogP contribution < -0.4 is 4.90 Å². The summed E-state index contributed by atoms with van der Waals surface area (Å²) in [5.74, 6) is -2.07. The van der Waals surface area contributed by atoms with Gasteiger partial charge in [0.05, 0.1) is 0 Å². The van der Waals surface area contributed by atoms with Crippen molar-refractivity contribution < 1.29 is 8.78 Å². The van der Waals surface area contributed by atoms with Crippen LogP contribution in [0.2, 0.25) is 0 Å². The van der Waals surface area contributed by atoms with Crippen molar-refractivity contribution in [3.63, 3.8) is 0 Å². The Hall–Kier alpha value is -2.18. The van der Waals surface area contributed by atoms with Gasteiger partial charge in [-0.3, -0.25) is 0 Å². The number of aromatic nitrogens is 4. The first-order valence-corrected chi connectivity index (χ1v) is 6.34. The number of piperidine rings is 1. The van der Waals surface area contributed by atoms with Gasteiger partial charge in [-0.25, -0.2) is 28.7 Å². The Morgan fingerprint density at radius 3 is 2.05 bits per heavy atom. The molecule has 0 unspecified atom stereocenters. The standard InChI is InChI=1S/C13H13F2N5/c14-13(15)1-3-20(4-2-13)12-18-7-11(8-19-12)10-5-16-9-17-6-10/h5-9H,1-4H2. The van der Waals surface area contributed by atoms with E-state index in [1.165, 1.54) is 6.33 Å². The summed E-state index contributed by atoms with van der Waals surface area (Å²) in [6.07, 6.45) is 7.82. The maximum atomic E-state index is 13.1. The molecule has 0 aliphatic carbocycles. The number of hydrogen-bond donors (Lipinski definition) is 0. The van der Waals surface area contributed by atoms with Crippen molar-refractivity contribution >= 4 is 5.95 Å². The van der Waals surface area contributed by atoms with E-state index in [4.69, 9.17) is 0 Å². The van der Waals surface area contributed by atoms with Crippen molar-refractivity contribution in [3.8, 4) is 11.1 Å². The Balaban J connectivity index is 1.74. The van der Waals surface area contributed by atoms with Crippen LogP contribution in [0.3, 0.4) is 0 Å². The fraction of sp³-hybridized carbons (Fsp3) is 0.385. The summed E-state index contributed by atoms with van der Waals surface area (Å²) in [5.41, 5.74) is 1.63. The zero-order valence-corrected chi connectivity index (χ0v) is 10.7. The van der Waals surface area contributed by atoms with Crippen LogP contribution in [0, 0.1) is 0 Å². The average molecular weight is 277 g/mol. The van der Waals surface area contributed by atoms with Gasteiger partial charge < -0.3 is 4.90 Å². The molecule has 5 nitrogen and oxygen atoms in total. The molecule has 1 fully saturated rings. The van der Waals surface area contributed by atoms with E-state index in [2.05, 4.69) is 19.9 Å². The molecule has 1 aliphatic rings. The van der Waals surface area contributed by atoms with Crippen molar-refractivity contribution in [2.75, 3.05) is 18.0 Å². The molecule has 0 aromatic carbocycles. The first-order chi connectivity index (χ1) is 9.64. The van der Waals surface area contributed by atoms with Gasteiger partial charge in [0.15, 0.2) is 0 Å². The summed E-state index contributed by atoms with van der Waals surface area (Å²) < 4.78 is 26.2. The predicted octanol–water partition coefficient (Wildman–Crippen LogP) is 2.17. The topological polar surface area (TPSA) is 54.8 Å². The number of anilines is 1. The number of alkyl halides is 2. The first-order valence-electron chi connectivity index (χ1n) is 6.34. The minimum Gasteiger partial charge on any atom is -0.340 e. The summed E-state index contributed by atoms with van der Waals surface area (Å²) >= 11 is 0. The van der Waals surface area contributed by atoms with Crippen LogP contribution in [0.4, 0.5) is 14.7 Å². The van der Waals surface area contributed by atoms with E-state index >= 15 is 0 Å². The third kappa shape index (κ3) is 2.71. The molecule has 3 heterocycles. The van der Waals surface area contributed by atoms with E-state index in [0.717, 1.165) is 11.1 Å². The summed E-state index contributed by atoms with van der Waals surface area (Å²) in [5, 5.41) is 0. The fourth-order valence-electron chi connectivity index (χ4n) is 2.12. The van der Waals surface area contributed by atoms with Crippen LogP contribution in [0.1, 0.15) is 12.8 Å². The van der Waals surface area contributed by atoms with E-state index in [1.807, 2.05) is 0 Å². The molecule has 1 saturated heterocycles. The van der Waals surface area contributed by atoms with Gasteiger partial charge in [0.1, 0.15) is 6.33 Å². The maximum absolute atomic E-state index is 13.1. The van der Waals surface area contributed by atoms with Gasteiger partial charge in [0.2, 0.25) is 5.95 Å². The number of rotatable bonds is 2. The molecule has 0 bridgehead atoms. The lowest BCUT2D eigenvalue weighted by atomic mass is 10.1. The van der Waals surface area contributed by atoms with Crippen LogP contribution in [-0.4, -0.2) is 38.9 Å². The molecule has 0 atom stereocenters. The predicted molar refractivity (Wildman–Crippen MR) is 69.5 cm³/mol. The molecule has 7 heteroatoms.